The van der Waals surface area contributed by atoms with Crippen molar-refractivity contribution in [2.24, 2.45) is 34.5 Å². The van der Waals surface area contributed by atoms with Crippen LogP contribution >= 0.6 is 0 Å². The highest BCUT2D eigenvalue weighted by atomic mass is 32.2. The van der Waals surface area contributed by atoms with E-state index in [1.54, 1.807) is 0 Å². The lowest BCUT2D eigenvalue weighted by molar-refractivity contribution is -0.136. The van der Waals surface area contributed by atoms with Crippen LogP contribution < -0.4 is 5.32 Å². The number of aryl methyl sites for hydroxylation is 1. The number of nitrogens with zero attached hydrogens (tertiary/aromatic N) is 2. The second-order valence-corrected chi connectivity index (χ2v) is 17.0. The summed E-state index contributed by atoms with van der Waals surface area (Å²) in [5.74, 6) is 2.24. The number of sulfonamides is 1. The van der Waals surface area contributed by atoms with Crippen molar-refractivity contribution in [1.82, 2.24) is 14.5 Å². The molecule has 6 atom stereocenters. The van der Waals surface area contributed by atoms with Gasteiger partial charge in [0.15, 0.2) is 0 Å². The van der Waals surface area contributed by atoms with Crippen molar-refractivity contribution in [3.8, 4) is 0 Å². The Morgan fingerprint density at radius 3 is 2.49 bits per heavy atom. The molecule has 1 saturated heterocycles. The van der Waals surface area contributed by atoms with Gasteiger partial charge in [-0.1, -0.05) is 65.8 Å². The van der Waals surface area contributed by atoms with E-state index in [-0.39, 0.29) is 29.7 Å². The zero-order valence-electron chi connectivity index (χ0n) is 25.7. The minimum atomic E-state index is -3.46. The average molecular weight is 560 g/mol. The zero-order chi connectivity index (χ0) is 28.8. The minimum Gasteiger partial charge on any atom is -0.352 e. The number of rotatable bonds is 10. The monoisotopic (exact) mass is 559 g/mol. The molecule has 3 aliphatic carbocycles. The molecule has 1 aliphatic heterocycles. The van der Waals surface area contributed by atoms with Gasteiger partial charge in [-0.25, -0.2) is 8.42 Å². The van der Waals surface area contributed by atoms with E-state index in [4.69, 9.17) is 0 Å². The van der Waals surface area contributed by atoms with Gasteiger partial charge in [0.05, 0.1) is 5.75 Å². The van der Waals surface area contributed by atoms with Crippen LogP contribution in [-0.2, 0) is 27.8 Å². The van der Waals surface area contributed by atoms with Gasteiger partial charge in [-0.3, -0.25) is 4.79 Å². The van der Waals surface area contributed by atoms with Crippen molar-refractivity contribution in [3.05, 3.63) is 35.4 Å². The summed E-state index contributed by atoms with van der Waals surface area (Å²) in [6, 6.07) is 7.85. The third kappa shape index (κ3) is 7.08. The van der Waals surface area contributed by atoms with E-state index < -0.39 is 16.1 Å². The fourth-order valence-electron chi connectivity index (χ4n) is 7.88. The molecular formula is C32H53N3O3S. The van der Waals surface area contributed by atoms with Crippen LogP contribution in [0.4, 0.5) is 0 Å². The minimum absolute atomic E-state index is 0.0439. The van der Waals surface area contributed by atoms with Crippen LogP contribution in [0.25, 0.3) is 0 Å². The molecule has 6 nitrogen and oxygen atoms in total. The molecule has 7 heteroatoms. The number of nitrogens with one attached hydrogen (secondary N) is 1. The van der Waals surface area contributed by atoms with Crippen molar-refractivity contribution in [1.29, 1.82) is 0 Å². The third-order valence-electron chi connectivity index (χ3n) is 10.0. The van der Waals surface area contributed by atoms with Gasteiger partial charge in [0.1, 0.15) is 6.04 Å². The molecule has 1 N–H and O–H groups in total. The van der Waals surface area contributed by atoms with Gasteiger partial charge < -0.3 is 10.2 Å². The van der Waals surface area contributed by atoms with Crippen LogP contribution in [0.1, 0.15) is 84.8 Å². The number of amides is 1. The first-order valence-corrected chi connectivity index (χ1v) is 16.7. The summed E-state index contributed by atoms with van der Waals surface area (Å²) in [4.78, 5) is 15.7. The van der Waals surface area contributed by atoms with Crippen LogP contribution in [0.15, 0.2) is 24.3 Å². The Kier molecular flexibility index (Phi) is 8.95. The first-order valence-electron chi connectivity index (χ1n) is 15.1. The second-order valence-electron chi connectivity index (χ2n) is 15.0. The second kappa shape index (κ2) is 11.4. The smallest absolute Gasteiger partial charge is 0.238 e. The Balaban J connectivity index is 1.40. The molecule has 1 aromatic carbocycles. The Bertz CT molecular complexity index is 1120. The predicted molar refractivity (Wildman–Crippen MR) is 160 cm³/mol. The molecular weight excluding hydrogens is 506 g/mol. The summed E-state index contributed by atoms with van der Waals surface area (Å²) in [6.45, 7) is 15.2. The fraction of sp³-hybridized carbons (Fsp3) is 0.781. The van der Waals surface area contributed by atoms with E-state index >= 15 is 0 Å². The number of benzene rings is 1. The number of hydrogen-bond donors (Lipinski definition) is 1. The maximum absolute atomic E-state index is 13.5. The molecule has 1 unspecified atom stereocenters. The number of hydrogen-bond acceptors (Lipinski definition) is 4. The summed E-state index contributed by atoms with van der Waals surface area (Å²) < 4.78 is 27.6. The van der Waals surface area contributed by atoms with Gasteiger partial charge in [-0.2, -0.15) is 4.31 Å². The molecule has 0 aromatic heterocycles. The summed E-state index contributed by atoms with van der Waals surface area (Å²) in [7, 11) is 0.814. The van der Waals surface area contributed by atoms with Gasteiger partial charge in [-0.05, 0) is 98.2 Å². The van der Waals surface area contributed by atoms with Gasteiger partial charge in [0.2, 0.25) is 15.9 Å². The van der Waals surface area contributed by atoms with Crippen LogP contribution in [-0.4, -0.2) is 62.0 Å². The highest BCUT2D eigenvalue weighted by Gasteiger charge is 2.56. The van der Waals surface area contributed by atoms with Crippen molar-refractivity contribution in [2.75, 3.05) is 26.4 Å². The molecule has 39 heavy (non-hydrogen) atoms. The van der Waals surface area contributed by atoms with Crippen LogP contribution in [0.5, 0.6) is 0 Å². The molecule has 2 bridgehead atoms. The van der Waals surface area contributed by atoms with E-state index in [0.29, 0.717) is 35.5 Å². The molecule has 4 fully saturated rings. The lowest BCUT2D eigenvalue weighted by atomic mass is 9.45. The molecule has 5 rings (SSSR count). The van der Waals surface area contributed by atoms with Crippen LogP contribution in [0.3, 0.4) is 0 Å². The quantitative estimate of drug-likeness (QED) is 0.421. The molecule has 1 heterocycles. The maximum Gasteiger partial charge on any atom is 0.238 e. The van der Waals surface area contributed by atoms with Crippen LogP contribution in [0, 0.1) is 34.5 Å². The van der Waals surface area contributed by atoms with E-state index in [1.165, 1.54) is 22.7 Å². The van der Waals surface area contributed by atoms with E-state index in [9.17, 15) is 13.2 Å². The number of carbonyl (C=O) groups is 1. The average Bonchev–Trinajstić information content (AvgIpc) is 3.11. The molecule has 0 spiro atoms. The molecule has 0 radical (unpaired) electrons. The molecule has 1 amide bonds. The van der Waals surface area contributed by atoms with Gasteiger partial charge in [0, 0.05) is 19.1 Å². The standard InChI is InChI=1S/C32H53N3O3S/c1-22-27-17-26(32(27,5)6)18-28(22)33-30(36)29-14-15-39(37,38)35(29)21-24-11-9-10-23(16-24)12-13-25(20-34(7)8)19-31(2,3)4/h9-11,16,22,25-29H,12-15,17-21H2,1-8H3,(H,33,36)/t22-,25-,26-,27+,28-,29?/m0/s1. The highest BCUT2D eigenvalue weighted by Crippen LogP contribution is 2.61. The normalized spacial score (nSPS) is 30.6. The van der Waals surface area contributed by atoms with Crippen LogP contribution in [0.2, 0.25) is 0 Å². The van der Waals surface area contributed by atoms with Crippen molar-refractivity contribution < 1.29 is 13.2 Å². The lowest BCUT2D eigenvalue weighted by Crippen LogP contribution is -2.61. The van der Waals surface area contributed by atoms with E-state index in [0.717, 1.165) is 31.4 Å². The Morgan fingerprint density at radius 1 is 1.18 bits per heavy atom. The summed E-state index contributed by atoms with van der Waals surface area (Å²) in [5.41, 5.74) is 2.84. The predicted octanol–water partition coefficient (Wildman–Crippen LogP) is 5.32. The summed E-state index contributed by atoms with van der Waals surface area (Å²) in [6.07, 6.45) is 5.87. The van der Waals surface area contributed by atoms with Gasteiger partial charge >= 0.3 is 0 Å². The first-order chi connectivity index (χ1) is 18.1. The van der Waals surface area contributed by atoms with E-state index in [1.807, 2.05) is 12.1 Å². The zero-order valence-corrected chi connectivity index (χ0v) is 26.5. The van der Waals surface area contributed by atoms with Gasteiger partial charge in [-0.15, -0.1) is 0 Å². The van der Waals surface area contributed by atoms with Gasteiger partial charge in [0.25, 0.3) is 0 Å². The molecule has 1 aromatic rings. The molecule has 3 saturated carbocycles. The number of carbonyl (C=O) groups excluding carboxylic acids is 1. The molecule has 4 aliphatic rings. The summed E-state index contributed by atoms with van der Waals surface area (Å²) >= 11 is 0. The maximum atomic E-state index is 13.5. The number of fused-ring (bicyclic) bond motifs is 2. The summed E-state index contributed by atoms with van der Waals surface area (Å²) in [5, 5.41) is 3.29. The Hall–Kier alpha value is -1.44. The van der Waals surface area contributed by atoms with Crippen molar-refractivity contribution >= 4 is 15.9 Å². The molecule has 220 valence electrons. The van der Waals surface area contributed by atoms with E-state index in [2.05, 4.69) is 78.0 Å². The topological polar surface area (TPSA) is 69.7 Å². The SMILES string of the molecule is C[C@@H]1[C@@H](NC(=O)C2CCS(=O)(=O)N2Cc2cccc(CC[C@H](CN(C)C)CC(C)(C)C)c2)C[C@@H]2C[C@H]1C2(C)C. The first kappa shape index (κ1) is 30.5. The lowest BCUT2D eigenvalue weighted by Gasteiger charge is -2.62. The fourth-order valence-corrected chi connectivity index (χ4v) is 9.57. The Labute approximate surface area is 238 Å². The largest absolute Gasteiger partial charge is 0.352 e. The highest BCUT2D eigenvalue weighted by molar-refractivity contribution is 7.89. The third-order valence-corrected chi connectivity index (χ3v) is 11.9. The Morgan fingerprint density at radius 2 is 1.87 bits per heavy atom. The van der Waals surface area contributed by atoms with Crippen molar-refractivity contribution in [2.45, 2.75) is 98.7 Å². The van der Waals surface area contributed by atoms with Crippen molar-refractivity contribution in [3.63, 3.8) is 0 Å².